The number of thioether (sulfide) groups is 1. The molecule has 3 aromatic rings. The lowest BCUT2D eigenvalue weighted by molar-refractivity contribution is -0.123. The van der Waals surface area contributed by atoms with E-state index < -0.39 is 17.0 Å². The van der Waals surface area contributed by atoms with Crippen LogP contribution in [-0.4, -0.2) is 35.7 Å². The van der Waals surface area contributed by atoms with Gasteiger partial charge in [0.15, 0.2) is 18.1 Å². The highest BCUT2D eigenvalue weighted by Gasteiger charge is 2.36. The number of ether oxygens (including phenoxy) is 2. The van der Waals surface area contributed by atoms with Gasteiger partial charge in [-0.25, -0.2) is 4.39 Å². The quantitative estimate of drug-likeness (QED) is 0.301. The maximum absolute atomic E-state index is 14.2. The molecule has 1 aliphatic rings. The smallest absolute Gasteiger partial charge is 0.293 e. The number of hydrogen-bond donors (Lipinski definition) is 1. The van der Waals surface area contributed by atoms with E-state index in [0.717, 1.165) is 22.2 Å². The van der Waals surface area contributed by atoms with Gasteiger partial charge >= 0.3 is 0 Å². The second-order valence-electron chi connectivity index (χ2n) is 8.18. The first-order valence-corrected chi connectivity index (χ1v) is 12.8. The molecule has 0 atom stereocenters. The first-order valence-electron chi connectivity index (χ1n) is 11.2. The Morgan fingerprint density at radius 1 is 1.08 bits per heavy atom. The van der Waals surface area contributed by atoms with Crippen LogP contribution in [0.15, 0.2) is 59.5 Å². The van der Waals surface area contributed by atoms with Crippen molar-refractivity contribution < 1.29 is 28.2 Å². The Morgan fingerprint density at radius 3 is 2.58 bits per heavy atom. The van der Waals surface area contributed by atoms with Crippen LogP contribution in [0.5, 0.6) is 11.5 Å². The molecule has 0 aliphatic carbocycles. The summed E-state index contributed by atoms with van der Waals surface area (Å²) in [6.45, 7) is 1.30. The second-order valence-corrected chi connectivity index (χ2v) is 9.99. The van der Waals surface area contributed by atoms with Crippen molar-refractivity contribution in [3.63, 3.8) is 0 Å². The molecule has 1 aliphatic heterocycles. The summed E-state index contributed by atoms with van der Waals surface area (Å²) < 4.78 is 25.2. The number of anilines is 1. The van der Waals surface area contributed by atoms with Gasteiger partial charge in [-0.1, -0.05) is 41.4 Å². The van der Waals surface area contributed by atoms with E-state index in [1.807, 2.05) is 6.92 Å². The van der Waals surface area contributed by atoms with Crippen LogP contribution in [-0.2, 0) is 16.1 Å². The van der Waals surface area contributed by atoms with Gasteiger partial charge in [0.25, 0.3) is 17.1 Å². The van der Waals surface area contributed by atoms with Crippen LogP contribution in [0.25, 0.3) is 6.08 Å². The Balaban J connectivity index is 1.43. The molecule has 0 bridgehead atoms. The molecule has 11 heteroatoms. The van der Waals surface area contributed by atoms with Crippen molar-refractivity contribution in [1.82, 2.24) is 4.90 Å². The van der Waals surface area contributed by atoms with Crippen LogP contribution in [0, 0.1) is 12.7 Å². The van der Waals surface area contributed by atoms with Gasteiger partial charge in [-0.2, -0.15) is 0 Å². The van der Waals surface area contributed by atoms with Crippen LogP contribution >= 0.6 is 35.0 Å². The fourth-order valence-electron chi connectivity index (χ4n) is 3.53. The van der Waals surface area contributed by atoms with Gasteiger partial charge in [0.05, 0.1) is 18.6 Å². The Bertz CT molecular complexity index is 1440. The molecule has 3 amide bonds. The van der Waals surface area contributed by atoms with E-state index in [9.17, 15) is 18.8 Å². The highest BCUT2D eigenvalue weighted by atomic mass is 35.5. The summed E-state index contributed by atoms with van der Waals surface area (Å²) in [6.07, 6.45) is 1.52. The summed E-state index contributed by atoms with van der Waals surface area (Å²) >= 11 is 12.9. The standard InChI is InChI=1S/C27H21Cl2FN2O5S/c1-15-6-8-17(12-20(15)29)31-25(33)14-37-22-9-7-16(10-23(22)36-2)11-24-26(34)32(27(35)38-24)13-18-19(28)4-3-5-21(18)30/h3-12H,13-14H2,1-2H3,(H,31,33)/b24-11-. The fourth-order valence-corrected chi connectivity index (χ4v) is 4.77. The number of hydrogen-bond acceptors (Lipinski definition) is 6. The van der Waals surface area contributed by atoms with Gasteiger partial charge in [-0.15, -0.1) is 0 Å². The summed E-state index contributed by atoms with van der Waals surface area (Å²) in [5.41, 5.74) is 2.06. The van der Waals surface area contributed by atoms with Crippen LogP contribution < -0.4 is 14.8 Å². The van der Waals surface area contributed by atoms with Gasteiger partial charge in [0.2, 0.25) is 0 Å². The van der Waals surface area contributed by atoms with Crippen LogP contribution in [0.2, 0.25) is 10.0 Å². The molecule has 7 nitrogen and oxygen atoms in total. The number of benzene rings is 3. The third-order valence-corrected chi connectivity index (χ3v) is 7.22. The highest BCUT2D eigenvalue weighted by Crippen LogP contribution is 2.36. The Morgan fingerprint density at radius 2 is 1.87 bits per heavy atom. The van der Waals surface area contributed by atoms with Crippen molar-refractivity contribution in [2.45, 2.75) is 13.5 Å². The molecule has 0 saturated carbocycles. The summed E-state index contributed by atoms with van der Waals surface area (Å²) in [5.74, 6) is -0.922. The van der Waals surface area contributed by atoms with Crippen LogP contribution in [0.4, 0.5) is 14.9 Å². The monoisotopic (exact) mass is 574 g/mol. The largest absolute Gasteiger partial charge is 0.493 e. The van der Waals surface area contributed by atoms with E-state index in [1.165, 1.54) is 31.4 Å². The number of halogens is 3. The van der Waals surface area contributed by atoms with Crippen molar-refractivity contribution in [2.75, 3.05) is 19.0 Å². The van der Waals surface area contributed by atoms with Gasteiger partial charge in [-0.05, 0) is 72.3 Å². The number of nitrogens with zero attached hydrogens (tertiary/aromatic N) is 1. The van der Waals surface area contributed by atoms with E-state index >= 15 is 0 Å². The number of carbonyl (C=O) groups is 3. The van der Waals surface area contributed by atoms with Gasteiger partial charge in [-0.3, -0.25) is 19.3 Å². The van der Waals surface area contributed by atoms with Crippen LogP contribution in [0.3, 0.4) is 0 Å². The third kappa shape index (κ3) is 6.30. The number of aryl methyl sites for hydroxylation is 1. The molecule has 3 aromatic carbocycles. The summed E-state index contributed by atoms with van der Waals surface area (Å²) in [4.78, 5) is 38.8. The topological polar surface area (TPSA) is 84.9 Å². The maximum Gasteiger partial charge on any atom is 0.293 e. The molecular weight excluding hydrogens is 554 g/mol. The summed E-state index contributed by atoms with van der Waals surface area (Å²) in [7, 11) is 1.44. The molecule has 0 aromatic heterocycles. The molecule has 0 unspecified atom stereocenters. The first-order chi connectivity index (χ1) is 18.2. The van der Waals surface area contributed by atoms with E-state index in [1.54, 1.807) is 36.4 Å². The minimum atomic E-state index is -0.600. The van der Waals surface area contributed by atoms with Crippen molar-refractivity contribution >= 4 is 63.8 Å². The minimum absolute atomic E-state index is 0.0652. The zero-order chi connectivity index (χ0) is 27.4. The molecule has 4 rings (SSSR count). The number of carbonyl (C=O) groups excluding carboxylic acids is 3. The average Bonchev–Trinajstić information content (AvgIpc) is 3.14. The molecule has 1 fully saturated rings. The van der Waals surface area contributed by atoms with Crippen molar-refractivity contribution in [3.05, 3.63) is 92.1 Å². The summed E-state index contributed by atoms with van der Waals surface area (Å²) in [6, 6.07) is 14.2. The predicted molar refractivity (Wildman–Crippen MR) is 146 cm³/mol. The van der Waals surface area contributed by atoms with Gasteiger partial charge < -0.3 is 14.8 Å². The Labute approximate surface area is 232 Å². The second kappa shape index (κ2) is 11.9. The number of rotatable bonds is 8. The Kier molecular flexibility index (Phi) is 8.61. The molecule has 0 radical (unpaired) electrons. The van der Waals surface area contributed by atoms with Crippen LogP contribution in [0.1, 0.15) is 16.7 Å². The number of methoxy groups -OCH3 is 1. The highest BCUT2D eigenvalue weighted by molar-refractivity contribution is 8.18. The molecule has 1 N–H and O–H groups in total. The SMILES string of the molecule is COc1cc(/C=C2\SC(=O)N(Cc3c(F)cccc3Cl)C2=O)ccc1OCC(=O)Nc1ccc(C)c(Cl)c1. The van der Waals surface area contributed by atoms with Crippen molar-refractivity contribution in [1.29, 1.82) is 0 Å². The Hall–Kier alpha value is -3.53. The van der Waals surface area contributed by atoms with E-state index in [4.69, 9.17) is 32.7 Å². The van der Waals surface area contributed by atoms with Gasteiger partial charge in [0.1, 0.15) is 5.82 Å². The normalized spacial score (nSPS) is 14.2. The molecule has 38 heavy (non-hydrogen) atoms. The molecular formula is C27H21Cl2FN2O5S. The number of nitrogens with one attached hydrogen (secondary N) is 1. The maximum atomic E-state index is 14.2. The number of imide groups is 1. The molecule has 1 heterocycles. The summed E-state index contributed by atoms with van der Waals surface area (Å²) in [5, 5.41) is 2.84. The third-order valence-electron chi connectivity index (χ3n) is 5.55. The zero-order valence-corrected chi connectivity index (χ0v) is 22.5. The zero-order valence-electron chi connectivity index (χ0n) is 20.2. The number of amides is 3. The fraction of sp³-hybridized carbons (Fsp3) is 0.148. The molecule has 1 saturated heterocycles. The first kappa shape index (κ1) is 27.5. The van der Waals surface area contributed by atoms with E-state index in [-0.39, 0.29) is 34.6 Å². The van der Waals surface area contributed by atoms with Crippen molar-refractivity contribution in [2.24, 2.45) is 0 Å². The lowest BCUT2D eigenvalue weighted by Gasteiger charge is -2.14. The molecule has 0 spiro atoms. The lowest BCUT2D eigenvalue weighted by atomic mass is 10.1. The van der Waals surface area contributed by atoms with Crippen molar-refractivity contribution in [3.8, 4) is 11.5 Å². The minimum Gasteiger partial charge on any atom is -0.493 e. The predicted octanol–water partition coefficient (Wildman–Crippen LogP) is 6.70. The average molecular weight is 575 g/mol. The van der Waals surface area contributed by atoms with Gasteiger partial charge in [0, 0.05) is 21.3 Å². The van der Waals surface area contributed by atoms with E-state index in [0.29, 0.717) is 27.8 Å². The molecule has 196 valence electrons. The van der Waals surface area contributed by atoms with E-state index in [2.05, 4.69) is 5.32 Å². The lowest BCUT2D eigenvalue weighted by Crippen LogP contribution is -2.28.